The van der Waals surface area contributed by atoms with Crippen molar-refractivity contribution in [2.75, 3.05) is 18.4 Å². The van der Waals surface area contributed by atoms with Crippen LogP contribution in [0.1, 0.15) is 24.1 Å². The fourth-order valence-electron chi connectivity index (χ4n) is 3.10. The normalized spacial score (nSPS) is 15.0. The van der Waals surface area contributed by atoms with E-state index in [1.165, 1.54) is 6.07 Å². The molecule has 1 aliphatic heterocycles. The molecule has 3 rings (SSSR count). The highest BCUT2D eigenvalue weighted by Gasteiger charge is 2.24. The first-order valence-electron chi connectivity index (χ1n) is 8.89. The van der Waals surface area contributed by atoms with E-state index in [4.69, 9.17) is 4.74 Å². The number of hydrogen-bond acceptors (Lipinski definition) is 3. The van der Waals surface area contributed by atoms with Crippen LogP contribution in [0.5, 0.6) is 5.75 Å². The van der Waals surface area contributed by atoms with E-state index in [2.05, 4.69) is 5.32 Å². The zero-order valence-electron chi connectivity index (χ0n) is 15.5. The highest BCUT2D eigenvalue weighted by molar-refractivity contribution is 5.89. The van der Waals surface area contributed by atoms with Gasteiger partial charge in [0.15, 0.2) is 0 Å². The third-order valence-electron chi connectivity index (χ3n) is 4.78. The number of rotatable bonds is 3. The number of nitrogens with zero attached hydrogens (tertiary/aromatic N) is 2. The third-order valence-corrected chi connectivity index (χ3v) is 4.78. The van der Waals surface area contributed by atoms with Crippen molar-refractivity contribution in [2.45, 2.75) is 32.8 Å². The van der Waals surface area contributed by atoms with Crippen LogP contribution in [0, 0.1) is 13.8 Å². The lowest BCUT2D eigenvalue weighted by Crippen LogP contribution is -2.43. The molecule has 1 aliphatic rings. The van der Waals surface area contributed by atoms with Gasteiger partial charge in [-0.25, -0.2) is 4.79 Å². The number of urea groups is 1. The Morgan fingerprint density at radius 2 is 1.88 bits per heavy atom. The average molecular weight is 355 g/mol. The fraction of sp³-hybridized carbons (Fsp3) is 0.400. The van der Waals surface area contributed by atoms with E-state index in [1.807, 2.05) is 44.2 Å². The van der Waals surface area contributed by atoms with Gasteiger partial charge in [-0.1, -0.05) is 12.1 Å². The van der Waals surface area contributed by atoms with E-state index in [-0.39, 0.29) is 17.7 Å². The molecule has 0 bridgehead atoms. The Bertz CT molecular complexity index is 852. The lowest BCUT2D eigenvalue weighted by atomic mass is 10.1. The number of carbonyl (C=O) groups excluding carboxylic acids is 1. The van der Waals surface area contributed by atoms with Gasteiger partial charge in [0.1, 0.15) is 11.9 Å². The lowest BCUT2D eigenvalue weighted by molar-refractivity contribution is 0.115. The number of nitrogens with one attached hydrogen (secondary N) is 1. The first-order chi connectivity index (χ1) is 12.4. The van der Waals surface area contributed by atoms with E-state index in [1.54, 1.807) is 16.5 Å². The minimum atomic E-state index is -0.0847. The van der Waals surface area contributed by atoms with Crippen LogP contribution in [0.15, 0.2) is 41.2 Å². The molecule has 1 aromatic carbocycles. The number of likely N-dealkylation sites (tertiary alicyclic amines) is 1. The number of amides is 2. The lowest BCUT2D eigenvalue weighted by Gasteiger charge is -2.32. The number of benzene rings is 1. The zero-order chi connectivity index (χ0) is 18.7. The molecule has 0 saturated carbocycles. The number of pyridine rings is 1. The summed E-state index contributed by atoms with van der Waals surface area (Å²) in [6, 6.07) is 11.1. The van der Waals surface area contributed by atoms with Gasteiger partial charge in [-0.05, 0) is 37.6 Å². The Kier molecular flexibility index (Phi) is 5.30. The highest BCUT2D eigenvalue weighted by atomic mass is 16.5. The van der Waals surface area contributed by atoms with Gasteiger partial charge in [0, 0.05) is 50.4 Å². The highest BCUT2D eigenvalue weighted by Crippen LogP contribution is 2.19. The Labute approximate surface area is 153 Å². The molecule has 6 heteroatoms. The Morgan fingerprint density at radius 3 is 2.54 bits per heavy atom. The molecule has 1 fully saturated rings. The topological polar surface area (TPSA) is 63.6 Å². The largest absolute Gasteiger partial charge is 0.490 e. The van der Waals surface area contributed by atoms with E-state index in [9.17, 15) is 9.59 Å². The molecular formula is C20H25N3O3. The maximum absolute atomic E-state index is 12.4. The first kappa shape index (κ1) is 18.0. The summed E-state index contributed by atoms with van der Waals surface area (Å²) in [6.07, 6.45) is 1.51. The molecule has 1 N–H and O–H groups in total. The van der Waals surface area contributed by atoms with Gasteiger partial charge in [0.25, 0.3) is 5.56 Å². The summed E-state index contributed by atoms with van der Waals surface area (Å²) in [4.78, 5) is 26.1. The van der Waals surface area contributed by atoms with Gasteiger partial charge in [-0.2, -0.15) is 0 Å². The van der Waals surface area contributed by atoms with Gasteiger partial charge in [-0.15, -0.1) is 0 Å². The maximum Gasteiger partial charge on any atom is 0.321 e. The van der Waals surface area contributed by atoms with Crippen molar-refractivity contribution in [3.8, 4) is 5.75 Å². The molecule has 2 amide bonds. The summed E-state index contributed by atoms with van der Waals surface area (Å²) in [6.45, 7) is 5.14. The zero-order valence-corrected chi connectivity index (χ0v) is 15.5. The molecule has 1 saturated heterocycles. The molecule has 26 heavy (non-hydrogen) atoms. The van der Waals surface area contributed by atoms with Crippen molar-refractivity contribution >= 4 is 11.7 Å². The third kappa shape index (κ3) is 4.25. The number of aryl methyl sites for hydroxylation is 2. The summed E-state index contributed by atoms with van der Waals surface area (Å²) in [5.74, 6) is 0.605. The number of anilines is 1. The number of aromatic nitrogens is 1. The molecule has 2 aromatic rings. The summed E-state index contributed by atoms with van der Waals surface area (Å²) >= 11 is 0. The van der Waals surface area contributed by atoms with Crippen LogP contribution >= 0.6 is 0 Å². The van der Waals surface area contributed by atoms with Gasteiger partial charge >= 0.3 is 6.03 Å². The van der Waals surface area contributed by atoms with E-state index in [0.29, 0.717) is 18.8 Å². The SMILES string of the molecule is Cc1cccc(NC(=O)N2CCC(Oc3cc(C)n(C)c(=O)c3)CC2)c1. The van der Waals surface area contributed by atoms with Crippen LogP contribution in [-0.4, -0.2) is 34.7 Å². The van der Waals surface area contributed by atoms with Gasteiger partial charge in [-0.3, -0.25) is 4.79 Å². The van der Waals surface area contributed by atoms with Crippen LogP contribution in [0.3, 0.4) is 0 Å². The summed E-state index contributed by atoms with van der Waals surface area (Å²) < 4.78 is 7.55. The average Bonchev–Trinajstić information content (AvgIpc) is 2.60. The molecule has 0 radical (unpaired) electrons. The van der Waals surface area contributed by atoms with Crippen molar-refractivity contribution in [3.05, 3.63) is 58.0 Å². The molecule has 1 aromatic heterocycles. The molecule has 0 atom stereocenters. The van der Waals surface area contributed by atoms with Crippen LogP contribution < -0.4 is 15.6 Å². The summed E-state index contributed by atoms with van der Waals surface area (Å²) in [5.41, 5.74) is 2.71. The van der Waals surface area contributed by atoms with Crippen molar-refractivity contribution in [3.63, 3.8) is 0 Å². The monoisotopic (exact) mass is 355 g/mol. The van der Waals surface area contributed by atoms with Crippen LogP contribution in [0.4, 0.5) is 10.5 Å². The number of carbonyl (C=O) groups is 1. The van der Waals surface area contributed by atoms with E-state index < -0.39 is 0 Å². The second-order valence-electron chi connectivity index (χ2n) is 6.83. The molecule has 138 valence electrons. The minimum Gasteiger partial charge on any atom is -0.490 e. The van der Waals surface area contributed by atoms with Crippen molar-refractivity contribution in [1.29, 1.82) is 0 Å². The Morgan fingerprint density at radius 1 is 1.15 bits per heavy atom. The quantitative estimate of drug-likeness (QED) is 0.920. The summed E-state index contributed by atoms with van der Waals surface area (Å²) in [5, 5.41) is 2.94. The van der Waals surface area contributed by atoms with Crippen LogP contribution in [0.25, 0.3) is 0 Å². The van der Waals surface area contributed by atoms with Crippen molar-refractivity contribution < 1.29 is 9.53 Å². The predicted octanol–water partition coefficient (Wildman–Crippen LogP) is 3.08. The van der Waals surface area contributed by atoms with E-state index in [0.717, 1.165) is 29.8 Å². The molecule has 0 spiro atoms. The summed E-state index contributed by atoms with van der Waals surface area (Å²) in [7, 11) is 1.74. The predicted molar refractivity (Wildman–Crippen MR) is 102 cm³/mol. The Hall–Kier alpha value is -2.76. The number of hydrogen-bond donors (Lipinski definition) is 1. The molecule has 2 heterocycles. The maximum atomic E-state index is 12.4. The van der Waals surface area contributed by atoms with Gasteiger partial charge < -0.3 is 19.5 Å². The van der Waals surface area contributed by atoms with Crippen LogP contribution in [0.2, 0.25) is 0 Å². The fourth-order valence-corrected chi connectivity index (χ4v) is 3.10. The van der Waals surface area contributed by atoms with Crippen molar-refractivity contribution in [2.24, 2.45) is 7.05 Å². The number of ether oxygens (including phenoxy) is 1. The standard InChI is InChI=1S/C20H25N3O3/c1-14-5-4-6-16(11-14)21-20(25)23-9-7-17(8-10-23)26-18-12-15(2)22(3)19(24)13-18/h4-6,11-13,17H,7-10H2,1-3H3,(H,21,25). The Balaban J connectivity index is 1.54. The molecule has 0 aliphatic carbocycles. The van der Waals surface area contributed by atoms with Crippen molar-refractivity contribution in [1.82, 2.24) is 9.47 Å². The van der Waals surface area contributed by atoms with Gasteiger partial charge in [0.05, 0.1) is 0 Å². The molecule has 0 unspecified atom stereocenters. The minimum absolute atomic E-state index is 0.0181. The first-order valence-corrected chi connectivity index (χ1v) is 8.89. The van der Waals surface area contributed by atoms with Gasteiger partial charge in [0.2, 0.25) is 0 Å². The van der Waals surface area contributed by atoms with E-state index >= 15 is 0 Å². The smallest absolute Gasteiger partial charge is 0.321 e. The second-order valence-corrected chi connectivity index (χ2v) is 6.83. The number of piperidine rings is 1. The molecular weight excluding hydrogens is 330 g/mol. The second kappa shape index (κ2) is 7.64. The molecule has 6 nitrogen and oxygen atoms in total. The van der Waals surface area contributed by atoms with Crippen LogP contribution in [-0.2, 0) is 7.05 Å².